The molecule has 7 heteroatoms. The van der Waals surface area contributed by atoms with Gasteiger partial charge < -0.3 is 10.1 Å². The lowest BCUT2D eigenvalue weighted by Gasteiger charge is -2.13. The van der Waals surface area contributed by atoms with Gasteiger partial charge in [0.05, 0.1) is 24.2 Å². The maximum atomic E-state index is 13.9. The van der Waals surface area contributed by atoms with E-state index >= 15 is 0 Å². The summed E-state index contributed by atoms with van der Waals surface area (Å²) >= 11 is 0. The standard InChI is InChI=1S/C24H24FN5O/c1-17(12-21-15-26-10-11-27-21)28-14-19-16-30(22-6-8-23(31-2)9-7-22)29-24(19)18-4-3-5-20(25)13-18/h3-11,13,15-17,28H,12,14H2,1-2H3/t17-/m0/s1. The Hall–Kier alpha value is -3.58. The molecule has 0 amide bonds. The van der Waals surface area contributed by atoms with Gasteiger partial charge >= 0.3 is 0 Å². The molecule has 0 radical (unpaired) electrons. The molecular weight excluding hydrogens is 393 g/mol. The molecule has 0 unspecified atom stereocenters. The number of ether oxygens (including phenoxy) is 1. The summed E-state index contributed by atoms with van der Waals surface area (Å²) in [4.78, 5) is 8.45. The van der Waals surface area contributed by atoms with Crippen LogP contribution in [0, 0.1) is 5.82 Å². The predicted molar refractivity (Wildman–Crippen MR) is 118 cm³/mol. The molecule has 0 aliphatic carbocycles. The molecule has 4 aromatic rings. The number of hydrogen-bond donors (Lipinski definition) is 1. The van der Waals surface area contributed by atoms with Crippen LogP contribution in [0.4, 0.5) is 4.39 Å². The summed E-state index contributed by atoms with van der Waals surface area (Å²) in [5.74, 6) is 0.493. The van der Waals surface area contributed by atoms with Crippen molar-refractivity contribution >= 4 is 0 Å². The van der Waals surface area contributed by atoms with E-state index < -0.39 is 0 Å². The maximum Gasteiger partial charge on any atom is 0.123 e. The second kappa shape index (κ2) is 9.49. The quantitative estimate of drug-likeness (QED) is 0.466. The third kappa shape index (κ3) is 5.13. The summed E-state index contributed by atoms with van der Waals surface area (Å²) < 4.78 is 20.9. The molecule has 0 fully saturated rings. The van der Waals surface area contributed by atoms with Crippen molar-refractivity contribution in [3.63, 3.8) is 0 Å². The van der Waals surface area contributed by atoms with E-state index in [2.05, 4.69) is 22.2 Å². The number of aromatic nitrogens is 4. The zero-order valence-corrected chi connectivity index (χ0v) is 17.5. The van der Waals surface area contributed by atoms with E-state index in [-0.39, 0.29) is 11.9 Å². The minimum Gasteiger partial charge on any atom is -0.497 e. The molecule has 0 saturated heterocycles. The van der Waals surface area contributed by atoms with E-state index in [9.17, 15) is 4.39 Å². The number of nitrogens with one attached hydrogen (secondary N) is 1. The first-order valence-electron chi connectivity index (χ1n) is 10.1. The SMILES string of the molecule is COc1ccc(-n2cc(CN[C@@H](C)Cc3cnccn3)c(-c3cccc(F)c3)n2)cc1. The summed E-state index contributed by atoms with van der Waals surface area (Å²) in [7, 11) is 1.64. The van der Waals surface area contributed by atoms with Gasteiger partial charge in [0.25, 0.3) is 0 Å². The maximum absolute atomic E-state index is 13.9. The van der Waals surface area contributed by atoms with Crippen molar-refractivity contribution in [1.29, 1.82) is 0 Å². The number of rotatable bonds is 8. The molecule has 1 N–H and O–H groups in total. The Morgan fingerprint density at radius 3 is 2.68 bits per heavy atom. The molecule has 158 valence electrons. The summed E-state index contributed by atoms with van der Waals surface area (Å²) in [5.41, 5.74) is 4.30. The topological polar surface area (TPSA) is 64.9 Å². The van der Waals surface area contributed by atoms with Crippen molar-refractivity contribution in [1.82, 2.24) is 25.1 Å². The van der Waals surface area contributed by atoms with Crippen molar-refractivity contribution in [2.24, 2.45) is 0 Å². The van der Waals surface area contributed by atoms with Crippen molar-refractivity contribution in [3.05, 3.63) is 90.4 Å². The molecule has 2 aromatic carbocycles. The summed E-state index contributed by atoms with van der Waals surface area (Å²) in [6.07, 6.45) is 7.88. The van der Waals surface area contributed by atoms with Gasteiger partial charge in [-0.2, -0.15) is 5.10 Å². The molecule has 0 aliphatic rings. The van der Waals surface area contributed by atoms with E-state index in [1.54, 1.807) is 31.8 Å². The molecule has 2 heterocycles. The van der Waals surface area contributed by atoms with Crippen LogP contribution in [0.3, 0.4) is 0 Å². The monoisotopic (exact) mass is 417 g/mol. The van der Waals surface area contributed by atoms with Gasteiger partial charge in [-0.1, -0.05) is 12.1 Å². The van der Waals surface area contributed by atoms with E-state index in [1.165, 1.54) is 12.1 Å². The van der Waals surface area contributed by atoms with Gasteiger partial charge in [0.15, 0.2) is 0 Å². The Labute approximate surface area is 180 Å². The largest absolute Gasteiger partial charge is 0.497 e. The van der Waals surface area contributed by atoms with Crippen LogP contribution in [0.1, 0.15) is 18.2 Å². The Morgan fingerprint density at radius 2 is 1.97 bits per heavy atom. The molecule has 1 atom stereocenters. The highest BCUT2D eigenvalue weighted by Crippen LogP contribution is 2.25. The summed E-state index contributed by atoms with van der Waals surface area (Å²) in [5, 5.41) is 8.28. The third-order valence-corrected chi connectivity index (χ3v) is 5.00. The van der Waals surface area contributed by atoms with Gasteiger partial charge in [-0.05, 0) is 43.3 Å². The number of methoxy groups -OCH3 is 1. The van der Waals surface area contributed by atoms with Crippen molar-refractivity contribution < 1.29 is 9.13 Å². The molecule has 2 aromatic heterocycles. The number of nitrogens with zero attached hydrogens (tertiary/aromatic N) is 4. The number of halogens is 1. The Morgan fingerprint density at radius 1 is 1.13 bits per heavy atom. The molecule has 6 nitrogen and oxygen atoms in total. The number of hydrogen-bond acceptors (Lipinski definition) is 5. The highest BCUT2D eigenvalue weighted by Gasteiger charge is 2.14. The zero-order valence-electron chi connectivity index (χ0n) is 17.5. The third-order valence-electron chi connectivity index (χ3n) is 5.00. The van der Waals surface area contributed by atoms with Gasteiger partial charge in [0.1, 0.15) is 11.6 Å². The molecule has 0 spiro atoms. The van der Waals surface area contributed by atoms with Crippen LogP contribution in [0.2, 0.25) is 0 Å². The van der Waals surface area contributed by atoms with Gasteiger partial charge in [-0.3, -0.25) is 9.97 Å². The second-order valence-corrected chi connectivity index (χ2v) is 7.34. The highest BCUT2D eigenvalue weighted by molar-refractivity contribution is 5.63. The average molecular weight is 417 g/mol. The minimum absolute atomic E-state index is 0.182. The molecule has 0 saturated carbocycles. The van der Waals surface area contributed by atoms with Gasteiger partial charge in [-0.15, -0.1) is 0 Å². The van der Waals surface area contributed by atoms with Crippen LogP contribution in [0.15, 0.2) is 73.3 Å². The Balaban J connectivity index is 1.59. The smallest absolute Gasteiger partial charge is 0.123 e. The molecule has 0 aliphatic heterocycles. The van der Waals surface area contributed by atoms with E-state index in [1.807, 2.05) is 41.2 Å². The molecule has 31 heavy (non-hydrogen) atoms. The van der Waals surface area contributed by atoms with Crippen molar-refractivity contribution in [2.75, 3.05) is 7.11 Å². The summed E-state index contributed by atoms with van der Waals surface area (Å²) in [6, 6.07) is 14.4. The lowest BCUT2D eigenvalue weighted by atomic mass is 10.1. The fraction of sp³-hybridized carbons (Fsp3) is 0.208. The van der Waals surface area contributed by atoms with E-state index in [0.29, 0.717) is 6.54 Å². The first kappa shape index (κ1) is 20.7. The number of benzene rings is 2. The lowest BCUT2D eigenvalue weighted by molar-refractivity contribution is 0.414. The van der Waals surface area contributed by atoms with Crippen LogP contribution in [-0.2, 0) is 13.0 Å². The van der Waals surface area contributed by atoms with Gasteiger partial charge in [-0.25, -0.2) is 9.07 Å². The zero-order chi connectivity index (χ0) is 21.6. The van der Waals surface area contributed by atoms with E-state index in [4.69, 9.17) is 9.84 Å². The van der Waals surface area contributed by atoms with Crippen LogP contribution < -0.4 is 10.1 Å². The van der Waals surface area contributed by atoms with Gasteiger partial charge in [0.2, 0.25) is 0 Å². The first-order chi connectivity index (χ1) is 15.1. The Kier molecular flexibility index (Phi) is 6.33. The summed E-state index contributed by atoms with van der Waals surface area (Å²) in [6.45, 7) is 2.69. The molecule has 0 bridgehead atoms. The van der Waals surface area contributed by atoms with Crippen LogP contribution in [0.5, 0.6) is 5.75 Å². The van der Waals surface area contributed by atoms with Crippen LogP contribution in [0.25, 0.3) is 16.9 Å². The first-order valence-corrected chi connectivity index (χ1v) is 10.1. The molecule has 4 rings (SSSR count). The van der Waals surface area contributed by atoms with Crippen molar-refractivity contribution in [2.45, 2.75) is 25.9 Å². The van der Waals surface area contributed by atoms with Crippen molar-refractivity contribution in [3.8, 4) is 22.7 Å². The van der Waals surface area contributed by atoms with Crippen LogP contribution >= 0.6 is 0 Å². The highest BCUT2D eigenvalue weighted by atomic mass is 19.1. The average Bonchev–Trinajstić information content (AvgIpc) is 3.23. The molecular formula is C24H24FN5O. The Bertz CT molecular complexity index is 1130. The lowest BCUT2D eigenvalue weighted by Crippen LogP contribution is -2.28. The van der Waals surface area contributed by atoms with E-state index in [0.717, 1.165) is 40.4 Å². The van der Waals surface area contributed by atoms with Crippen LogP contribution in [-0.4, -0.2) is 32.9 Å². The van der Waals surface area contributed by atoms with Gasteiger partial charge in [0, 0.05) is 54.9 Å². The normalized spacial score (nSPS) is 12.0. The minimum atomic E-state index is -0.286. The fourth-order valence-corrected chi connectivity index (χ4v) is 3.39. The predicted octanol–water partition coefficient (Wildman–Crippen LogP) is 4.20. The second-order valence-electron chi connectivity index (χ2n) is 7.34. The fourth-order valence-electron chi connectivity index (χ4n) is 3.39.